The monoisotopic (exact) mass is 265 g/mol. The molecule has 106 valence electrons. The van der Waals surface area contributed by atoms with Crippen molar-refractivity contribution in [1.82, 2.24) is 15.5 Å². The molecule has 3 aliphatic rings. The number of carbonyl (C=O) groups excluding carboxylic acids is 2. The second-order valence-corrected chi connectivity index (χ2v) is 6.71. The van der Waals surface area contributed by atoms with Crippen LogP contribution in [-0.2, 0) is 4.79 Å². The van der Waals surface area contributed by atoms with Crippen LogP contribution in [0.4, 0.5) is 4.79 Å². The topological polar surface area (TPSA) is 61.4 Å². The van der Waals surface area contributed by atoms with Gasteiger partial charge in [0.1, 0.15) is 5.54 Å². The van der Waals surface area contributed by atoms with Gasteiger partial charge in [0, 0.05) is 31.5 Å². The number of amides is 3. The van der Waals surface area contributed by atoms with Crippen molar-refractivity contribution >= 4 is 11.9 Å². The first-order valence-electron chi connectivity index (χ1n) is 7.38. The van der Waals surface area contributed by atoms with Crippen molar-refractivity contribution in [3.05, 3.63) is 0 Å². The Morgan fingerprint density at radius 1 is 1.26 bits per heavy atom. The molecule has 1 aliphatic carbocycles. The Labute approximate surface area is 114 Å². The minimum atomic E-state index is -0.608. The highest BCUT2D eigenvalue weighted by Gasteiger charge is 2.60. The lowest BCUT2D eigenvalue weighted by molar-refractivity contribution is -0.134. The second-order valence-electron chi connectivity index (χ2n) is 6.71. The van der Waals surface area contributed by atoms with Gasteiger partial charge in [-0.1, -0.05) is 20.3 Å². The van der Waals surface area contributed by atoms with E-state index < -0.39 is 5.54 Å². The van der Waals surface area contributed by atoms with E-state index in [0.29, 0.717) is 5.92 Å². The van der Waals surface area contributed by atoms with E-state index in [9.17, 15) is 9.59 Å². The molecule has 2 heterocycles. The van der Waals surface area contributed by atoms with Crippen molar-refractivity contribution in [2.75, 3.05) is 19.6 Å². The minimum Gasteiger partial charge on any atom is -0.323 e. The van der Waals surface area contributed by atoms with Crippen LogP contribution in [0.5, 0.6) is 0 Å². The maximum Gasteiger partial charge on any atom is 0.322 e. The predicted octanol–water partition coefficient (Wildman–Crippen LogP) is 0.952. The molecule has 3 rings (SSSR count). The van der Waals surface area contributed by atoms with Crippen LogP contribution < -0.4 is 10.6 Å². The molecule has 3 amide bonds. The van der Waals surface area contributed by atoms with Gasteiger partial charge < -0.3 is 10.2 Å². The Balaban J connectivity index is 1.85. The van der Waals surface area contributed by atoms with Gasteiger partial charge in [0.15, 0.2) is 0 Å². The molecule has 0 aromatic heterocycles. The molecule has 19 heavy (non-hydrogen) atoms. The highest BCUT2D eigenvalue weighted by molar-refractivity contribution is 6.07. The highest BCUT2D eigenvalue weighted by Crippen LogP contribution is 2.44. The molecule has 2 saturated heterocycles. The summed E-state index contributed by atoms with van der Waals surface area (Å²) in [6.45, 7) is 7.40. The van der Waals surface area contributed by atoms with E-state index in [1.165, 1.54) is 6.42 Å². The lowest BCUT2D eigenvalue weighted by atomic mass is 9.63. The van der Waals surface area contributed by atoms with Gasteiger partial charge in [-0.05, 0) is 18.8 Å². The van der Waals surface area contributed by atoms with Gasteiger partial charge in [-0.3, -0.25) is 10.1 Å². The largest absolute Gasteiger partial charge is 0.323 e. The molecule has 0 aromatic rings. The number of likely N-dealkylation sites (tertiary alicyclic amines) is 1. The average Bonchev–Trinajstić information content (AvgIpc) is 2.56. The number of urea groups is 1. The van der Waals surface area contributed by atoms with Crippen LogP contribution in [0.25, 0.3) is 0 Å². The Morgan fingerprint density at radius 3 is 2.37 bits per heavy atom. The van der Waals surface area contributed by atoms with Gasteiger partial charge in [0.2, 0.25) is 0 Å². The summed E-state index contributed by atoms with van der Waals surface area (Å²) >= 11 is 0. The molecule has 1 spiro atoms. The molecular weight excluding hydrogens is 242 g/mol. The standard InChI is InChI=1S/C14H23N3O2/c1-9(2)6-17-7-10-4-3-5-11(8-17)14(10)12(18)15-13(19)16-14/h9-11H,3-8H2,1-2H3,(H2,15,16,18,19)/t10-,11-/m1/s1. The van der Waals surface area contributed by atoms with Crippen LogP contribution in [-0.4, -0.2) is 42.0 Å². The number of hydrogen-bond acceptors (Lipinski definition) is 3. The molecular formula is C14H23N3O2. The van der Waals surface area contributed by atoms with E-state index >= 15 is 0 Å². The van der Waals surface area contributed by atoms with Crippen LogP contribution in [0.3, 0.4) is 0 Å². The third-order valence-electron chi connectivity index (χ3n) is 4.90. The zero-order valence-electron chi connectivity index (χ0n) is 11.7. The Kier molecular flexibility index (Phi) is 3.04. The molecule has 5 heteroatoms. The van der Waals surface area contributed by atoms with Crippen LogP contribution in [0, 0.1) is 17.8 Å². The molecule has 0 aromatic carbocycles. The molecule has 2 atom stereocenters. The first kappa shape index (κ1) is 12.9. The van der Waals surface area contributed by atoms with E-state index in [0.717, 1.165) is 32.5 Å². The summed E-state index contributed by atoms with van der Waals surface area (Å²) in [4.78, 5) is 26.3. The van der Waals surface area contributed by atoms with Crippen LogP contribution in [0.15, 0.2) is 0 Å². The van der Waals surface area contributed by atoms with Gasteiger partial charge in [0.25, 0.3) is 5.91 Å². The quantitative estimate of drug-likeness (QED) is 0.731. The van der Waals surface area contributed by atoms with Crippen LogP contribution >= 0.6 is 0 Å². The fourth-order valence-corrected chi connectivity index (χ4v) is 4.29. The zero-order chi connectivity index (χ0) is 13.6. The second kappa shape index (κ2) is 4.47. The summed E-state index contributed by atoms with van der Waals surface area (Å²) in [5, 5.41) is 5.42. The van der Waals surface area contributed by atoms with Gasteiger partial charge in [-0.25, -0.2) is 4.79 Å². The Morgan fingerprint density at radius 2 is 1.89 bits per heavy atom. The normalized spacial score (nSPS) is 38.7. The smallest absolute Gasteiger partial charge is 0.322 e. The number of imide groups is 1. The van der Waals surface area contributed by atoms with Crippen molar-refractivity contribution in [2.24, 2.45) is 17.8 Å². The van der Waals surface area contributed by atoms with Crippen molar-refractivity contribution in [2.45, 2.75) is 38.6 Å². The maximum atomic E-state index is 12.3. The average molecular weight is 265 g/mol. The van der Waals surface area contributed by atoms with E-state index in [1.54, 1.807) is 0 Å². The fourth-order valence-electron chi connectivity index (χ4n) is 4.29. The van der Waals surface area contributed by atoms with Crippen molar-refractivity contribution in [3.8, 4) is 0 Å². The van der Waals surface area contributed by atoms with E-state index in [-0.39, 0.29) is 23.8 Å². The predicted molar refractivity (Wildman–Crippen MR) is 71.5 cm³/mol. The third-order valence-corrected chi connectivity index (χ3v) is 4.90. The fraction of sp³-hybridized carbons (Fsp3) is 0.857. The van der Waals surface area contributed by atoms with Crippen LogP contribution in [0.2, 0.25) is 0 Å². The first-order valence-corrected chi connectivity index (χ1v) is 7.38. The van der Waals surface area contributed by atoms with Crippen molar-refractivity contribution in [1.29, 1.82) is 0 Å². The lowest BCUT2D eigenvalue weighted by Gasteiger charge is -2.52. The maximum absolute atomic E-state index is 12.3. The van der Waals surface area contributed by atoms with Gasteiger partial charge in [0.05, 0.1) is 0 Å². The number of rotatable bonds is 2. The lowest BCUT2D eigenvalue weighted by Crippen LogP contribution is -2.68. The number of carbonyl (C=O) groups is 2. The summed E-state index contributed by atoms with van der Waals surface area (Å²) in [7, 11) is 0. The molecule has 1 saturated carbocycles. The Hall–Kier alpha value is -1.10. The summed E-state index contributed by atoms with van der Waals surface area (Å²) in [5.41, 5.74) is -0.608. The molecule has 0 unspecified atom stereocenters. The van der Waals surface area contributed by atoms with Gasteiger partial charge >= 0.3 is 6.03 Å². The SMILES string of the molecule is CC(C)CN1C[C@H]2CCC[C@H](C1)C21NC(=O)NC1=O. The van der Waals surface area contributed by atoms with E-state index in [1.807, 2.05) is 0 Å². The van der Waals surface area contributed by atoms with Gasteiger partial charge in [-0.2, -0.15) is 0 Å². The summed E-state index contributed by atoms with van der Waals surface area (Å²) in [5.74, 6) is 1.09. The molecule has 0 radical (unpaired) electrons. The van der Waals surface area contributed by atoms with E-state index in [4.69, 9.17) is 0 Å². The summed E-state index contributed by atoms with van der Waals surface area (Å²) in [6.07, 6.45) is 3.26. The van der Waals surface area contributed by atoms with Crippen molar-refractivity contribution < 1.29 is 9.59 Å². The number of piperidine rings is 1. The zero-order valence-corrected chi connectivity index (χ0v) is 11.7. The first-order chi connectivity index (χ1) is 9.02. The van der Waals surface area contributed by atoms with Crippen molar-refractivity contribution in [3.63, 3.8) is 0 Å². The third kappa shape index (κ3) is 1.95. The van der Waals surface area contributed by atoms with Crippen LogP contribution in [0.1, 0.15) is 33.1 Å². The van der Waals surface area contributed by atoms with Gasteiger partial charge in [-0.15, -0.1) is 0 Å². The minimum absolute atomic E-state index is 0.0867. The van der Waals surface area contributed by atoms with E-state index in [2.05, 4.69) is 29.4 Å². The number of nitrogens with one attached hydrogen (secondary N) is 2. The highest BCUT2D eigenvalue weighted by atomic mass is 16.2. The molecule has 2 N–H and O–H groups in total. The number of hydrogen-bond donors (Lipinski definition) is 2. The summed E-state index contributed by atoms with van der Waals surface area (Å²) < 4.78 is 0. The number of nitrogens with zero attached hydrogens (tertiary/aromatic N) is 1. The molecule has 2 bridgehead atoms. The molecule has 2 aliphatic heterocycles. The summed E-state index contributed by atoms with van der Waals surface area (Å²) in [6, 6.07) is -0.306. The Bertz CT molecular complexity index is 393. The molecule has 5 nitrogen and oxygen atoms in total. The molecule has 3 fully saturated rings.